The van der Waals surface area contributed by atoms with Crippen molar-refractivity contribution in [1.82, 2.24) is 14.8 Å². The molecule has 1 N–H and O–H groups in total. The molecule has 0 radical (unpaired) electrons. The molecule has 0 bridgehead atoms. The highest BCUT2D eigenvalue weighted by molar-refractivity contribution is 7.99. The standard InChI is InChI=1S/C11H11N3O2S/c15-11(16)7-17-6-10-13-12-8-14(10)9-4-2-1-3-5-9/h1-5,8H,6-7H2,(H,15,16). The molecule has 2 rings (SSSR count). The van der Waals surface area contributed by atoms with Crippen molar-refractivity contribution in [3.05, 3.63) is 42.5 Å². The Balaban J connectivity index is 2.10. The molecule has 17 heavy (non-hydrogen) atoms. The summed E-state index contributed by atoms with van der Waals surface area (Å²) in [7, 11) is 0. The van der Waals surface area contributed by atoms with Gasteiger partial charge in [-0.2, -0.15) is 0 Å². The Kier molecular flexibility index (Phi) is 3.77. The van der Waals surface area contributed by atoms with E-state index in [1.165, 1.54) is 11.8 Å². The molecule has 0 aliphatic carbocycles. The quantitative estimate of drug-likeness (QED) is 0.871. The first-order chi connectivity index (χ1) is 8.27. The fourth-order valence-corrected chi connectivity index (χ4v) is 2.05. The molecule has 0 aliphatic heterocycles. The fourth-order valence-electron chi connectivity index (χ4n) is 1.39. The number of rotatable bonds is 5. The third-order valence-electron chi connectivity index (χ3n) is 2.11. The van der Waals surface area contributed by atoms with Gasteiger partial charge in [-0.05, 0) is 12.1 Å². The van der Waals surface area contributed by atoms with Gasteiger partial charge in [-0.3, -0.25) is 9.36 Å². The Labute approximate surface area is 102 Å². The summed E-state index contributed by atoms with van der Waals surface area (Å²) >= 11 is 1.31. The second-order valence-corrected chi connectivity index (χ2v) is 4.32. The number of carbonyl (C=O) groups is 1. The lowest BCUT2D eigenvalue weighted by molar-refractivity contribution is -0.133. The molecule has 1 aromatic carbocycles. The topological polar surface area (TPSA) is 68.0 Å². The van der Waals surface area contributed by atoms with Gasteiger partial charge in [0.15, 0.2) is 0 Å². The summed E-state index contributed by atoms with van der Waals surface area (Å²) in [5, 5.41) is 16.4. The van der Waals surface area contributed by atoms with Crippen LogP contribution in [-0.4, -0.2) is 31.6 Å². The van der Waals surface area contributed by atoms with Crippen molar-refractivity contribution < 1.29 is 9.90 Å². The van der Waals surface area contributed by atoms with Crippen molar-refractivity contribution in [2.75, 3.05) is 5.75 Å². The molecule has 1 heterocycles. The summed E-state index contributed by atoms with van der Waals surface area (Å²) in [5.74, 6) is 0.534. The molecule has 0 aliphatic rings. The van der Waals surface area contributed by atoms with Gasteiger partial charge in [0.05, 0.1) is 11.5 Å². The zero-order valence-electron chi connectivity index (χ0n) is 8.98. The Morgan fingerprint density at radius 3 is 2.82 bits per heavy atom. The van der Waals surface area contributed by atoms with Crippen molar-refractivity contribution in [2.45, 2.75) is 5.75 Å². The number of carboxylic acid groups (broad SMARTS) is 1. The monoisotopic (exact) mass is 249 g/mol. The number of benzene rings is 1. The van der Waals surface area contributed by atoms with Crippen LogP contribution in [-0.2, 0) is 10.5 Å². The highest BCUT2D eigenvalue weighted by atomic mass is 32.2. The number of carboxylic acids is 1. The minimum Gasteiger partial charge on any atom is -0.481 e. The maximum atomic E-state index is 10.4. The molecule has 88 valence electrons. The zero-order valence-corrected chi connectivity index (χ0v) is 9.80. The van der Waals surface area contributed by atoms with Gasteiger partial charge in [-0.1, -0.05) is 18.2 Å². The lowest BCUT2D eigenvalue weighted by Crippen LogP contribution is -2.02. The van der Waals surface area contributed by atoms with Crippen molar-refractivity contribution in [3.8, 4) is 5.69 Å². The highest BCUT2D eigenvalue weighted by Crippen LogP contribution is 2.14. The van der Waals surface area contributed by atoms with Gasteiger partial charge >= 0.3 is 5.97 Å². The summed E-state index contributed by atoms with van der Waals surface area (Å²) in [6.07, 6.45) is 1.63. The molecule has 0 saturated heterocycles. The Morgan fingerprint density at radius 1 is 1.35 bits per heavy atom. The van der Waals surface area contributed by atoms with Crippen LogP contribution in [0.1, 0.15) is 5.82 Å². The SMILES string of the molecule is O=C(O)CSCc1nncn1-c1ccccc1. The van der Waals surface area contributed by atoms with E-state index in [4.69, 9.17) is 5.11 Å². The average Bonchev–Trinajstić information content (AvgIpc) is 2.78. The normalized spacial score (nSPS) is 10.4. The van der Waals surface area contributed by atoms with E-state index in [1.807, 2.05) is 34.9 Å². The summed E-state index contributed by atoms with van der Waals surface area (Å²) < 4.78 is 1.86. The Hall–Kier alpha value is -1.82. The van der Waals surface area contributed by atoms with Gasteiger partial charge in [0.1, 0.15) is 12.2 Å². The number of aliphatic carboxylic acids is 1. The maximum Gasteiger partial charge on any atom is 0.313 e. The lowest BCUT2D eigenvalue weighted by Gasteiger charge is -2.05. The summed E-state index contributed by atoms with van der Waals surface area (Å²) in [6.45, 7) is 0. The van der Waals surface area contributed by atoms with Crippen molar-refractivity contribution in [2.24, 2.45) is 0 Å². The molecule has 0 amide bonds. The van der Waals surface area contributed by atoms with Crippen LogP contribution in [0.15, 0.2) is 36.7 Å². The van der Waals surface area contributed by atoms with E-state index in [0.29, 0.717) is 5.75 Å². The van der Waals surface area contributed by atoms with Crippen LogP contribution in [0.3, 0.4) is 0 Å². The maximum absolute atomic E-state index is 10.4. The molecule has 6 heteroatoms. The van der Waals surface area contributed by atoms with Crippen LogP contribution in [0.4, 0.5) is 0 Å². The van der Waals surface area contributed by atoms with Gasteiger partial charge in [0, 0.05) is 5.69 Å². The minimum absolute atomic E-state index is 0.0711. The van der Waals surface area contributed by atoms with Gasteiger partial charge in [-0.15, -0.1) is 22.0 Å². The average molecular weight is 249 g/mol. The molecular formula is C11H11N3O2S. The van der Waals surface area contributed by atoms with Crippen LogP contribution in [0.25, 0.3) is 5.69 Å². The van der Waals surface area contributed by atoms with E-state index < -0.39 is 5.97 Å². The van der Waals surface area contributed by atoms with Gasteiger partial charge in [-0.25, -0.2) is 0 Å². The summed E-state index contributed by atoms with van der Waals surface area (Å²) in [4.78, 5) is 10.4. The summed E-state index contributed by atoms with van der Waals surface area (Å²) in [6, 6.07) is 9.71. The molecule has 0 unspecified atom stereocenters. The van der Waals surface area contributed by atoms with E-state index in [-0.39, 0.29) is 5.75 Å². The summed E-state index contributed by atoms with van der Waals surface area (Å²) in [5.41, 5.74) is 0.975. The Bertz CT molecular complexity index is 498. The second kappa shape index (κ2) is 5.49. The fraction of sp³-hybridized carbons (Fsp3) is 0.182. The van der Waals surface area contributed by atoms with Gasteiger partial charge < -0.3 is 5.11 Å². The first kappa shape index (κ1) is 11.7. The van der Waals surface area contributed by atoms with E-state index in [1.54, 1.807) is 6.33 Å². The highest BCUT2D eigenvalue weighted by Gasteiger charge is 2.07. The van der Waals surface area contributed by atoms with E-state index in [2.05, 4.69) is 10.2 Å². The van der Waals surface area contributed by atoms with Crippen LogP contribution in [0.2, 0.25) is 0 Å². The number of aromatic nitrogens is 3. The van der Waals surface area contributed by atoms with E-state index >= 15 is 0 Å². The predicted molar refractivity (Wildman–Crippen MR) is 65.2 cm³/mol. The first-order valence-corrected chi connectivity index (χ1v) is 6.16. The van der Waals surface area contributed by atoms with Crippen LogP contribution >= 0.6 is 11.8 Å². The largest absolute Gasteiger partial charge is 0.481 e. The number of hydrogen-bond acceptors (Lipinski definition) is 4. The number of nitrogens with zero attached hydrogens (tertiary/aromatic N) is 3. The van der Waals surface area contributed by atoms with Crippen molar-refractivity contribution in [1.29, 1.82) is 0 Å². The van der Waals surface area contributed by atoms with Crippen molar-refractivity contribution in [3.63, 3.8) is 0 Å². The number of hydrogen-bond donors (Lipinski definition) is 1. The van der Waals surface area contributed by atoms with Crippen LogP contribution < -0.4 is 0 Å². The lowest BCUT2D eigenvalue weighted by atomic mass is 10.3. The predicted octanol–water partition coefficient (Wildman–Crippen LogP) is 1.59. The molecule has 0 spiro atoms. The molecule has 2 aromatic rings. The third kappa shape index (κ3) is 3.07. The van der Waals surface area contributed by atoms with Gasteiger partial charge in [0.2, 0.25) is 0 Å². The molecule has 0 atom stereocenters. The number of thioether (sulfide) groups is 1. The zero-order chi connectivity index (χ0) is 12.1. The van der Waals surface area contributed by atoms with E-state index in [0.717, 1.165) is 11.5 Å². The van der Waals surface area contributed by atoms with Crippen LogP contribution in [0.5, 0.6) is 0 Å². The first-order valence-electron chi connectivity index (χ1n) is 5.01. The second-order valence-electron chi connectivity index (χ2n) is 3.34. The third-order valence-corrected chi connectivity index (χ3v) is 3.02. The molecule has 0 saturated carbocycles. The minimum atomic E-state index is -0.819. The molecule has 0 fully saturated rings. The molecule has 1 aromatic heterocycles. The smallest absolute Gasteiger partial charge is 0.313 e. The molecule has 5 nitrogen and oxygen atoms in total. The molecular weight excluding hydrogens is 238 g/mol. The van der Waals surface area contributed by atoms with Gasteiger partial charge in [0.25, 0.3) is 0 Å². The number of para-hydroxylation sites is 1. The van der Waals surface area contributed by atoms with Crippen molar-refractivity contribution >= 4 is 17.7 Å². The van der Waals surface area contributed by atoms with E-state index in [9.17, 15) is 4.79 Å². The Morgan fingerprint density at radius 2 is 2.12 bits per heavy atom. The van der Waals surface area contributed by atoms with Crippen LogP contribution in [0, 0.1) is 0 Å².